The predicted octanol–water partition coefficient (Wildman–Crippen LogP) is 3.14. The van der Waals surface area contributed by atoms with E-state index in [1.807, 2.05) is 0 Å². The Balaban J connectivity index is 2.91. The molecule has 0 unspecified atom stereocenters. The molecule has 5 nitrogen and oxygen atoms in total. The van der Waals surface area contributed by atoms with Crippen molar-refractivity contribution in [3.8, 4) is 23.0 Å². The third-order valence-corrected chi connectivity index (χ3v) is 3.00. The van der Waals surface area contributed by atoms with Crippen LogP contribution in [0.2, 0.25) is 5.02 Å². The number of esters is 1. The quantitative estimate of drug-likeness (QED) is 0.696. The summed E-state index contributed by atoms with van der Waals surface area (Å²) in [5.41, 5.74) is 0. The molecule has 0 saturated heterocycles. The molecule has 0 aliphatic heterocycles. The number of hydrogen-bond donors (Lipinski definition) is 1. The van der Waals surface area contributed by atoms with Crippen molar-refractivity contribution in [2.75, 3.05) is 14.2 Å². The Kier molecular flexibility index (Phi) is 3.90. The van der Waals surface area contributed by atoms with E-state index in [0.29, 0.717) is 15.8 Å². The van der Waals surface area contributed by atoms with Crippen LogP contribution in [0.3, 0.4) is 0 Å². The van der Waals surface area contributed by atoms with E-state index in [1.165, 1.54) is 21.1 Å². The lowest BCUT2D eigenvalue weighted by Crippen LogP contribution is -2.05. The fraction of sp³-hybridized carbons (Fsp3) is 0.214. The number of aromatic hydroxyl groups is 1. The summed E-state index contributed by atoms with van der Waals surface area (Å²) in [7, 11) is 2.78. The number of ether oxygens (including phenoxy) is 3. The average molecular weight is 297 g/mol. The lowest BCUT2D eigenvalue weighted by molar-refractivity contribution is -0.131. The highest BCUT2D eigenvalue weighted by atomic mass is 35.5. The Hall–Kier alpha value is -2.14. The fourth-order valence-electron chi connectivity index (χ4n) is 1.99. The molecule has 0 fully saturated rings. The van der Waals surface area contributed by atoms with Gasteiger partial charge in [-0.05, 0) is 18.2 Å². The maximum absolute atomic E-state index is 11.3. The molecule has 0 aromatic heterocycles. The van der Waals surface area contributed by atoms with E-state index in [-0.39, 0.29) is 23.0 Å². The van der Waals surface area contributed by atoms with E-state index in [1.54, 1.807) is 18.2 Å². The molecular weight excluding hydrogens is 284 g/mol. The van der Waals surface area contributed by atoms with Crippen molar-refractivity contribution in [3.05, 3.63) is 23.2 Å². The van der Waals surface area contributed by atoms with E-state index in [4.69, 9.17) is 25.8 Å². The highest BCUT2D eigenvalue weighted by Crippen LogP contribution is 2.50. The van der Waals surface area contributed by atoms with Gasteiger partial charge in [-0.25, -0.2) is 0 Å². The molecule has 2 rings (SSSR count). The van der Waals surface area contributed by atoms with Crippen LogP contribution in [0.15, 0.2) is 18.2 Å². The van der Waals surface area contributed by atoms with E-state index in [9.17, 15) is 9.90 Å². The normalized spacial score (nSPS) is 10.4. The van der Waals surface area contributed by atoms with Gasteiger partial charge in [0.15, 0.2) is 11.5 Å². The number of phenolic OH excluding ortho intramolecular Hbond substituents is 1. The maximum atomic E-state index is 11.3. The first kappa shape index (κ1) is 14.3. The van der Waals surface area contributed by atoms with Crippen molar-refractivity contribution in [1.82, 2.24) is 0 Å². The topological polar surface area (TPSA) is 65.0 Å². The Morgan fingerprint density at radius 2 is 1.75 bits per heavy atom. The Morgan fingerprint density at radius 1 is 1.10 bits per heavy atom. The number of fused-ring (bicyclic) bond motifs is 1. The van der Waals surface area contributed by atoms with Crippen molar-refractivity contribution in [2.24, 2.45) is 0 Å². The molecule has 2 aromatic carbocycles. The van der Waals surface area contributed by atoms with Crippen LogP contribution in [-0.4, -0.2) is 25.3 Å². The zero-order valence-corrected chi connectivity index (χ0v) is 11.9. The third kappa shape index (κ3) is 2.32. The summed E-state index contributed by atoms with van der Waals surface area (Å²) >= 11 is 5.93. The van der Waals surface area contributed by atoms with Gasteiger partial charge in [0.1, 0.15) is 0 Å². The smallest absolute Gasteiger partial charge is 0.308 e. The molecular formula is C14H13ClO5. The first-order valence-corrected chi connectivity index (χ1v) is 6.12. The van der Waals surface area contributed by atoms with E-state index < -0.39 is 5.97 Å². The molecule has 6 heteroatoms. The minimum Gasteiger partial charge on any atom is -0.504 e. The highest BCUT2D eigenvalue weighted by Gasteiger charge is 2.23. The Labute approximate surface area is 120 Å². The van der Waals surface area contributed by atoms with Crippen LogP contribution >= 0.6 is 11.6 Å². The zero-order valence-electron chi connectivity index (χ0n) is 11.2. The molecule has 0 saturated carbocycles. The molecule has 20 heavy (non-hydrogen) atoms. The second-order valence-corrected chi connectivity index (χ2v) is 4.46. The van der Waals surface area contributed by atoms with Gasteiger partial charge in [0.05, 0.1) is 14.2 Å². The molecule has 0 heterocycles. The van der Waals surface area contributed by atoms with Gasteiger partial charge in [-0.15, -0.1) is 0 Å². The second-order valence-electron chi connectivity index (χ2n) is 4.03. The minimum atomic E-state index is -0.507. The Morgan fingerprint density at radius 3 is 2.30 bits per heavy atom. The monoisotopic (exact) mass is 296 g/mol. The standard InChI is InChI=1S/C14H13ClO5/c1-7(16)20-12-9-5-4-8(15)6-10(9)11(17)13(18-2)14(12)19-3/h4-6,17H,1-3H3. The number of halogens is 1. The molecule has 1 N–H and O–H groups in total. The van der Waals surface area contributed by atoms with Crippen LogP contribution in [0, 0.1) is 0 Å². The summed E-state index contributed by atoms with van der Waals surface area (Å²) in [4.78, 5) is 11.3. The summed E-state index contributed by atoms with van der Waals surface area (Å²) in [6, 6.07) is 4.82. The first-order valence-electron chi connectivity index (χ1n) is 5.74. The SMILES string of the molecule is COc1c(OC)c(OC(C)=O)c2ccc(Cl)cc2c1O. The van der Waals surface area contributed by atoms with E-state index >= 15 is 0 Å². The molecule has 0 aliphatic carbocycles. The van der Waals surface area contributed by atoms with Gasteiger partial charge in [-0.2, -0.15) is 0 Å². The summed E-state index contributed by atoms with van der Waals surface area (Å²) in [6.45, 7) is 1.28. The van der Waals surface area contributed by atoms with Gasteiger partial charge in [0.25, 0.3) is 0 Å². The number of rotatable bonds is 3. The molecule has 0 bridgehead atoms. The summed E-state index contributed by atoms with van der Waals surface area (Å²) < 4.78 is 15.5. The second kappa shape index (κ2) is 5.46. The summed E-state index contributed by atoms with van der Waals surface area (Å²) in [6.07, 6.45) is 0. The molecule has 0 aliphatic rings. The number of methoxy groups -OCH3 is 2. The third-order valence-electron chi connectivity index (χ3n) is 2.76. The number of phenols is 1. The summed E-state index contributed by atoms with van der Waals surface area (Å²) in [5.74, 6) is -0.222. The largest absolute Gasteiger partial charge is 0.504 e. The van der Waals surface area contributed by atoms with Crippen LogP contribution in [0.5, 0.6) is 23.0 Å². The highest BCUT2D eigenvalue weighted by molar-refractivity contribution is 6.31. The lowest BCUT2D eigenvalue weighted by atomic mass is 10.1. The van der Waals surface area contributed by atoms with Crippen LogP contribution in [0.1, 0.15) is 6.92 Å². The van der Waals surface area contributed by atoms with Gasteiger partial charge >= 0.3 is 5.97 Å². The van der Waals surface area contributed by atoms with E-state index in [2.05, 4.69) is 0 Å². The summed E-state index contributed by atoms with van der Waals surface area (Å²) in [5, 5.41) is 11.6. The van der Waals surface area contributed by atoms with E-state index in [0.717, 1.165) is 0 Å². The maximum Gasteiger partial charge on any atom is 0.308 e. The fourth-order valence-corrected chi connectivity index (χ4v) is 2.16. The first-order chi connectivity index (χ1) is 9.49. The van der Waals surface area contributed by atoms with Crippen LogP contribution in [0.4, 0.5) is 0 Å². The van der Waals surface area contributed by atoms with Gasteiger partial charge in [-0.1, -0.05) is 11.6 Å². The molecule has 106 valence electrons. The van der Waals surface area contributed by atoms with Crippen molar-refractivity contribution in [2.45, 2.75) is 6.92 Å². The zero-order chi connectivity index (χ0) is 14.9. The molecule has 0 amide bonds. The molecule has 0 radical (unpaired) electrons. The van der Waals surface area contributed by atoms with Crippen LogP contribution < -0.4 is 14.2 Å². The number of hydrogen-bond acceptors (Lipinski definition) is 5. The molecule has 2 aromatic rings. The number of carbonyl (C=O) groups is 1. The van der Waals surface area contributed by atoms with Crippen LogP contribution in [0.25, 0.3) is 10.8 Å². The molecule has 0 spiro atoms. The van der Waals surface area contributed by atoms with Crippen LogP contribution in [-0.2, 0) is 4.79 Å². The van der Waals surface area contributed by atoms with Gasteiger partial charge in [-0.3, -0.25) is 4.79 Å². The van der Waals surface area contributed by atoms with Gasteiger partial charge in [0.2, 0.25) is 11.5 Å². The van der Waals surface area contributed by atoms with Gasteiger partial charge < -0.3 is 19.3 Å². The van der Waals surface area contributed by atoms with Gasteiger partial charge in [0, 0.05) is 22.7 Å². The number of carbonyl (C=O) groups excluding carboxylic acids is 1. The van der Waals surface area contributed by atoms with Crippen molar-refractivity contribution in [3.63, 3.8) is 0 Å². The minimum absolute atomic E-state index is 0.0820. The predicted molar refractivity (Wildman–Crippen MR) is 75.0 cm³/mol. The van der Waals surface area contributed by atoms with Crippen molar-refractivity contribution in [1.29, 1.82) is 0 Å². The van der Waals surface area contributed by atoms with Crippen molar-refractivity contribution < 1.29 is 24.1 Å². The van der Waals surface area contributed by atoms with Crippen molar-refractivity contribution >= 4 is 28.3 Å². The Bertz CT molecular complexity index is 681. The lowest BCUT2D eigenvalue weighted by Gasteiger charge is -2.16. The number of benzene rings is 2. The average Bonchev–Trinajstić information content (AvgIpc) is 2.41. The molecule has 0 atom stereocenters.